The zero-order chi connectivity index (χ0) is 19.4. The van der Waals surface area contributed by atoms with Gasteiger partial charge in [-0.2, -0.15) is 4.31 Å². The van der Waals surface area contributed by atoms with Gasteiger partial charge in [0, 0.05) is 30.9 Å². The summed E-state index contributed by atoms with van der Waals surface area (Å²) in [6, 6.07) is 14.1. The maximum absolute atomic E-state index is 13.1. The number of piperidine rings is 1. The highest BCUT2D eigenvalue weighted by atomic mass is 32.2. The lowest BCUT2D eigenvalue weighted by atomic mass is 10.1. The molecular formula is C21H26N2O3S. The molecule has 1 amide bonds. The van der Waals surface area contributed by atoms with Crippen molar-refractivity contribution in [2.45, 2.75) is 38.0 Å². The van der Waals surface area contributed by atoms with Gasteiger partial charge in [-0.05, 0) is 62.6 Å². The van der Waals surface area contributed by atoms with Crippen molar-refractivity contribution in [1.29, 1.82) is 0 Å². The van der Waals surface area contributed by atoms with E-state index in [9.17, 15) is 13.2 Å². The van der Waals surface area contributed by atoms with Crippen LogP contribution in [0.4, 0.5) is 5.69 Å². The summed E-state index contributed by atoms with van der Waals surface area (Å²) in [6.45, 7) is 5.49. The fraction of sp³-hybridized carbons (Fsp3) is 0.381. The number of hydrogen-bond donors (Lipinski definition) is 0. The molecule has 0 unspecified atom stereocenters. The Balaban J connectivity index is 1.91. The molecule has 0 N–H and O–H groups in total. The van der Waals surface area contributed by atoms with Crippen LogP contribution in [-0.2, 0) is 10.0 Å². The minimum atomic E-state index is -3.56. The highest BCUT2D eigenvalue weighted by Crippen LogP contribution is 2.23. The van der Waals surface area contributed by atoms with Gasteiger partial charge in [0.15, 0.2) is 0 Å². The number of aryl methyl sites for hydroxylation is 1. The summed E-state index contributed by atoms with van der Waals surface area (Å²) in [6.07, 6.45) is 2.83. The van der Waals surface area contributed by atoms with Crippen LogP contribution in [0.5, 0.6) is 0 Å². The van der Waals surface area contributed by atoms with E-state index in [4.69, 9.17) is 0 Å². The Morgan fingerprint density at radius 3 is 2.41 bits per heavy atom. The number of sulfonamides is 1. The Hall–Kier alpha value is -2.18. The average Bonchev–Trinajstić information content (AvgIpc) is 2.69. The smallest absolute Gasteiger partial charge is 0.258 e. The molecule has 6 heteroatoms. The van der Waals surface area contributed by atoms with Gasteiger partial charge in [-0.1, -0.05) is 24.6 Å². The molecule has 1 saturated heterocycles. The molecule has 1 aliphatic rings. The second kappa shape index (κ2) is 8.23. The maximum atomic E-state index is 13.1. The van der Waals surface area contributed by atoms with Gasteiger partial charge in [0.05, 0.1) is 4.90 Å². The van der Waals surface area contributed by atoms with Gasteiger partial charge in [0.25, 0.3) is 5.91 Å². The molecular weight excluding hydrogens is 360 g/mol. The lowest BCUT2D eigenvalue weighted by Crippen LogP contribution is -2.36. The van der Waals surface area contributed by atoms with Crippen molar-refractivity contribution < 1.29 is 13.2 Å². The van der Waals surface area contributed by atoms with E-state index in [1.165, 1.54) is 10.4 Å². The van der Waals surface area contributed by atoms with E-state index in [0.29, 0.717) is 25.2 Å². The second-order valence-corrected chi connectivity index (χ2v) is 8.82. The summed E-state index contributed by atoms with van der Waals surface area (Å²) in [4.78, 5) is 14.9. The van der Waals surface area contributed by atoms with Gasteiger partial charge in [-0.3, -0.25) is 4.79 Å². The Morgan fingerprint density at radius 1 is 1.04 bits per heavy atom. The summed E-state index contributed by atoms with van der Waals surface area (Å²) in [5.41, 5.74) is 2.27. The molecule has 0 aliphatic carbocycles. The lowest BCUT2D eigenvalue weighted by Gasteiger charge is -2.26. The second-order valence-electron chi connectivity index (χ2n) is 6.88. The Labute approximate surface area is 161 Å². The average molecular weight is 387 g/mol. The van der Waals surface area contributed by atoms with Gasteiger partial charge in [0.2, 0.25) is 10.0 Å². The van der Waals surface area contributed by atoms with Gasteiger partial charge in [0.1, 0.15) is 0 Å². The third kappa shape index (κ3) is 4.22. The molecule has 1 fully saturated rings. The van der Waals surface area contributed by atoms with E-state index in [0.717, 1.165) is 30.5 Å². The zero-order valence-corrected chi connectivity index (χ0v) is 16.7. The zero-order valence-electron chi connectivity index (χ0n) is 15.9. The number of amides is 1. The number of carbonyl (C=O) groups is 1. The van der Waals surface area contributed by atoms with Crippen LogP contribution in [0.1, 0.15) is 42.1 Å². The van der Waals surface area contributed by atoms with Gasteiger partial charge < -0.3 is 4.90 Å². The molecule has 0 spiro atoms. The molecule has 2 aromatic carbocycles. The van der Waals surface area contributed by atoms with Crippen LogP contribution in [-0.4, -0.2) is 38.3 Å². The SMILES string of the molecule is CCN(C(=O)c1cccc(S(=O)(=O)N2CCCCC2)c1)c1cccc(C)c1. The number of carbonyl (C=O) groups excluding carboxylic acids is 1. The van der Waals surface area contributed by atoms with Crippen molar-refractivity contribution in [3.63, 3.8) is 0 Å². The molecule has 1 aliphatic heterocycles. The lowest BCUT2D eigenvalue weighted by molar-refractivity contribution is 0.0988. The van der Waals surface area contributed by atoms with Crippen molar-refractivity contribution in [2.75, 3.05) is 24.5 Å². The molecule has 2 aromatic rings. The van der Waals surface area contributed by atoms with E-state index < -0.39 is 10.0 Å². The molecule has 0 bridgehead atoms. The van der Waals surface area contributed by atoms with E-state index in [2.05, 4.69) is 0 Å². The number of benzene rings is 2. The highest BCUT2D eigenvalue weighted by Gasteiger charge is 2.27. The van der Waals surface area contributed by atoms with Crippen molar-refractivity contribution in [1.82, 2.24) is 4.31 Å². The number of anilines is 1. The number of hydrogen-bond acceptors (Lipinski definition) is 3. The normalized spacial score (nSPS) is 15.5. The fourth-order valence-corrected chi connectivity index (χ4v) is 5.00. The van der Waals surface area contributed by atoms with E-state index >= 15 is 0 Å². The van der Waals surface area contributed by atoms with E-state index in [-0.39, 0.29) is 10.8 Å². The first-order valence-electron chi connectivity index (χ1n) is 9.42. The highest BCUT2D eigenvalue weighted by molar-refractivity contribution is 7.89. The molecule has 0 saturated carbocycles. The number of rotatable bonds is 5. The molecule has 5 nitrogen and oxygen atoms in total. The summed E-state index contributed by atoms with van der Waals surface area (Å²) in [5, 5.41) is 0. The molecule has 144 valence electrons. The van der Waals surface area contributed by atoms with Crippen LogP contribution in [0.15, 0.2) is 53.4 Å². The van der Waals surface area contributed by atoms with Crippen LogP contribution >= 0.6 is 0 Å². The van der Waals surface area contributed by atoms with Gasteiger partial charge in [-0.25, -0.2) is 8.42 Å². The summed E-state index contributed by atoms with van der Waals surface area (Å²) < 4.78 is 27.4. The largest absolute Gasteiger partial charge is 0.309 e. The third-order valence-electron chi connectivity index (χ3n) is 4.91. The van der Waals surface area contributed by atoms with Crippen LogP contribution in [0.3, 0.4) is 0 Å². The van der Waals surface area contributed by atoms with Crippen molar-refractivity contribution >= 4 is 21.6 Å². The third-order valence-corrected chi connectivity index (χ3v) is 6.80. The topological polar surface area (TPSA) is 57.7 Å². The minimum absolute atomic E-state index is 0.190. The fourth-order valence-electron chi connectivity index (χ4n) is 3.44. The summed E-state index contributed by atoms with van der Waals surface area (Å²) in [5.74, 6) is -0.196. The van der Waals surface area contributed by atoms with Gasteiger partial charge >= 0.3 is 0 Å². The van der Waals surface area contributed by atoms with Crippen molar-refractivity contribution in [3.8, 4) is 0 Å². The van der Waals surface area contributed by atoms with Crippen LogP contribution in [0.2, 0.25) is 0 Å². The molecule has 3 rings (SSSR count). The molecule has 0 atom stereocenters. The molecule has 0 aromatic heterocycles. The number of nitrogens with zero attached hydrogens (tertiary/aromatic N) is 2. The van der Waals surface area contributed by atoms with Crippen LogP contribution < -0.4 is 4.90 Å². The van der Waals surface area contributed by atoms with Crippen molar-refractivity contribution in [2.24, 2.45) is 0 Å². The van der Waals surface area contributed by atoms with Gasteiger partial charge in [-0.15, -0.1) is 0 Å². The van der Waals surface area contributed by atoms with E-state index in [1.54, 1.807) is 23.1 Å². The first-order valence-corrected chi connectivity index (χ1v) is 10.9. The van der Waals surface area contributed by atoms with Crippen LogP contribution in [0, 0.1) is 6.92 Å². The van der Waals surface area contributed by atoms with E-state index in [1.807, 2.05) is 38.1 Å². The maximum Gasteiger partial charge on any atom is 0.258 e. The molecule has 0 radical (unpaired) electrons. The summed E-state index contributed by atoms with van der Waals surface area (Å²) >= 11 is 0. The predicted octanol–water partition coefficient (Wildman–Crippen LogP) is 3.84. The monoisotopic (exact) mass is 386 g/mol. The summed E-state index contributed by atoms with van der Waals surface area (Å²) in [7, 11) is -3.56. The Bertz CT molecular complexity index is 919. The Kier molecular flexibility index (Phi) is 5.97. The Morgan fingerprint density at radius 2 is 1.74 bits per heavy atom. The first-order chi connectivity index (χ1) is 12.9. The first kappa shape index (κ1) is 19.6. The predicted molar refractivity (Wildman–Crippen MR) is 108 cm³/mol. The van der Waals surface area contributed by atoms with Crippen LogP contribution in [0.25, 0.3) is 0 Å². The quantitative estimate of drug-likeness (QED) is 0.785. The standard InChI is InChI=1S/C21H26N2O3S/c1-3-23(19-11-7-9-17(2)15-19)21(24)18-10-8-12-20(16-18)27(25,26)22-13-5-4-6-14-22/h7-12,15-16H,3-6,13-14H2,1-2H3. The molecule has 1 heterocycles. The van der Waals surface area contributed by atoms with Crippen molar-refractivity contribution in [3.05, 3.63) is 59.7 Å². The minimum Gasteiger partial charge on any atom is -0.309 e. The molecule has 27 heavy (non-hydrogen) atoms.